The summed E-state index contributed by atoms with van der Waals surface area (Å²) in [6.45, 7) is 0.958. The van der Waals surface area contributed by atoms with Crippen molar-refractivity contribution in [2.24, 2.45) is 0 Å². The van der Waals surface area contributed by atoms with Crippen molar-refractivity contribution in [3.8, 4) is 0 Å². The van der Waals surface area contributed by atoms with Crippen LogP contribution in [0.3, 0.4) is 0 Å². The fraction of sp³-hybridized carbons (Fsp3) is 0.182. The number of nitrogens with zero attached hydrogens (tertiary/aromatic N) is 1. The summed E-state index contributed by atoms with van der Waals surface area (Å²) < 4.78 is 40.8. The van der Waals surface area contributed by atoms with E-state index in [1.165, 1.54) is 19.1 Å². The number of anilines is 1. The number of H-pyrrole nitrogens is 1. The molecule has 2 aromatic rings. The zero-order chi connectivity index (χ0) is 14.9. The van der Waals surface area contributed by atoms with E-state index < -0.39 is 22.4 Å². The van der Waals surface area contributed by atoms with Crippen molar-refractivity contribution < 1.29 is 17.9 Å². The van der Waals surface area contributed by atoms with Crippen LogP contribution >= 0.6 is 15.9 Å². The molecule has 1 aromatic carbocycles. The summed E-state index contributed by atoms with van der Waals surface area (Å²) in [6, 6.07) is 3.90. The second kappa shape index (κ2) is 5.51. The van der Waals surface area contributed by atoms with Crippen LogP contribution in [0.15, 0.2) is 27.6 Å². The fourth-order valence-electron chi connectivity index (χ4n) is 1.70. The van der Waals surface area contributed by atoms with Crippen LogP contribution in [0.5, 0.6) is 0 Å². The average Bonchev–Trinajstić information content (AvgIpc) is 2.75. The van der Waals surface area contributed by atoms with Crippen molar-refractivity contribution in [3.63, 3.8) is 0 Å². The predicted molar refractivity (Wildman–Crippen MR) is 74.2 cm³/mol. The lowest BCUT2D eigenvalue weighted by Crippen LogP contribution is -2.16. The highest BCUT2D eigenvalue weighted by Crippen LogP contribution is 2.25. The molecule has 1 aromatic heterocycles. The third-order valence-corrected chi connectivity index (χ3v) is 4.61. The molecule has 0 spiro atoms. The first-order valence-electron chi connectivity index (χ1n) is 5.47. The van der Waals surface area contributed by atoms with E-state index in [2.05, 4.69) is 30.8 Å². The lowest BCUT2D eigenvalue weighted by atomic mass is 10.3. The van der Waals surface area contributed by atoms with Crippen LogP contribution in [0.4, 0.5) is 10.1 Å². The predicted octanol–water partition coefficient (Wildman–Crippen LogP) is 1.91. The first-order valence-corrected chi connectivity index (χ1v) is 7.75. The summed E-state index contributed by atoms with van der Waals surface area (Å²) in [6.07, 6.45) is 0. The van der Waals surface area contributed by atoms with Crippen LogP contribution in [0, 0.1) is 12.7 Å². The Hall–Kier alpha value is -1.45. The lowest BCUT2D eigenvalue weighted by Gasteiger charge is -2.09. The monoisotopic (exact) mass is 363 g/mol. The van der Waals surface area contributed by atoms with Crippen LogP contribution in [0.25, 0.3) is 0 Å². The van der Waals surface area contributed by atoms with E-state index in [1.807, 2.05) is 0 Å². The topological polar surface area (TPSA) is 95.1 Å². The van der Waals surface area contributed by atoms with Gasteiger partial charge in [0.1, 0.15) is 16.4 Å². The molecule has 0 aliphatic rings. The van der Waals surface area contributed by atoms with Gasteiger partial charge in [-0.15, -0.1) is 0 Å². The van der Waals surface area contributed by atoms with Crippen LogP contribution < -0.4 is 4.72 Å². The van der Waals surface area contributed by atoms with Gasteiger partial charge in [-0.1, -0.05) is 15.9 Å². The van der Waals surface area contributed by atoms with Crippen molar-refractivity contribution in [1.82, 2.24) is 10.2 Å². The molecule has 0 unspecified atom stereocenters. The second-order valence-corrected chi connectivity index (χ2v) is 6.55. The Morgan fingerprint density at radius 2 is 2.20 bits per heavy atom. The number of aliphatic hydroxyl groups is 1. The number of nitrogens with one attached hydrogen (secondary N) is 2. The summed E-state index contributed by atoms with van der Waals surface area (Å²) >= 11 is 3.14. The maximum atomic E-state index is 13.6. The summed E-state index contributed by atoms with van der Waals surface area (Å²) in [5.74, 6) is -0.705. The quantitative estimate of drug-likeness (QED) is 0.773. The molecule has 20 heavy (non-hydrogen) atoms. The molecule has 9 heteroatoms. The number of halogens is 2. The Morgan fingerprint density at radius 3 is 2.85 bits per heavy atom. The highest BCUT2D eigenvalue weighted by atomic mass is 79.9. The number of hydrogen-bond donors (Lipinski definition) is 3. The van der Waals surface area contributed by atoms with E-state index in [9.17, 15) is 12.8 Å². The number of sulfonamides is 1. The minimum Gasteiger partial charge on any atom is -0.390 e. The summed E-state index contributed by atoms with van der Waals surface area (Å²) in [4.78, 5) is -0.181. The number of benzene rings is 1. The Kier molecular flexibility index (Phi) is 4.11. The number of hydrogen-bond acceptors (Lipinski definition) is 4. The molecule has 0 fully saturated rings. The number of aromatic amines is 1. The van der Waals surface area contributed by atoms with Gasteiger partial charge in [-0.2, -0.15) is 5.10 Å². The minimum atomic E-state index is -4.05. The first kappa shape index (κ1) is 14.9. The molecule has 0 bridgehead atoms. The van der Waals surface area contributed by atoms with Gasteiger partial charge in [0, 0.05) is 4.47 Å². The van der Waals surface area contributed by atoms with Gasteiger partial charge in [0.2, 0.25) is 0 Å². The minimum absolute atomic E-state index is 0.0228. The molecule has 0 aliphatic heterocycles. The molecule has 0 saturated heterocycles. The van der Waals surface area contributed by atoms with Gasteiger partial charge in [0.15, 0.2) is 0 Å². The smallest absolute Gasteiger partial charge is 0.265 e. The molecule has 6 nitrogen and oxygen atoms in total. The molecule has 0 aliphatic carbocycles. The molecule has 2 rings (SSSR count). The molecule has 0 amide bonds. The van der Waals surface area contributed by atoms with E-state index >= 15 is 0 Å². The van der Waals surface area contributed by atoms with E-state index in [0.29, 0.717) is 4.47 Å². The van der Waals surface area contributed by atoms with Gasteiger partial charge in [-0.25, -0.2) is 12.8 Å². The number of aromatic nitrogens is 2. The maximum absolute atomic E-state index is 13.6. The Balaban J connectivity index is 2.46. The second-order valence-electron chi connectivity index (χ2n) is 4.01. The Morgan fingerprint density at radius 1 is 1.50 bits per heavy atom. The van der Waals surface area contributed by atoms with E-state index in [-0.39, 0.29) is 22.0 Å². The highest BCUT2D eigenvalue weighted by molar-refractivity contribution is 9.10. The first-order chi connectivity index (χ1) is 9.35. The average molecular weight is 364 g/mol. The normalized spacial score (nSPS) is 11.6. The zero-order valence-electron chi connectivity index (χ0n) is 10.3. The van der Waals surface area contributed by atoms with Crippen LogP contribution in [0.2, 0.25) is 0 Å². The van der Waals surface area contributed by atoms with Crippen molar-refractivity contribution in [2.45, 2.75) is 18.4 Å². The van der Waals surface area contributed by atoms with Gasteiger partial charge in [0.25, 0.3) is 10.0 Å². The van der Waals surface area contributed by atoms with Gasteiger partial charge in [-0.05, 0) is 25.1 Å². The third-order valence-electron chi connectivity index (χ3n) is 2.55. The molecule has 3 N–H and O–H groups in total. The van der Waals surface area contributed by atoms with Crippen LogP contribution in [-0.4, -0.2) is 23.7 Å². The van der Waals surface area contributed by atoms with Gasteiger partial charge < -0.3 is 5.11 Å². The maximum Gasteiger partial charge on any atom is 0.265 e. The van der Waals surface area contributed by atoms with Gasteiger partial charge >= 0.3 is 0 Å². The Bertz CT molecular complexity index is 745. The van der Waals surface area contributed by atoms with E-state index in [4.69, 9.17) is 5.11 Å². The van der Waals surface area contributed by atoms with Crippen molar-refractivity contribution >= 4 is 31.6 Å². The number of rotatable bonds is 4. The molecule has 0 radical (unpaired) electrons. The third kappa shape index (κ3) is 2.84. The Labute approximate surface area is 123 Å². The molecule has 0 atom stereocenters. The van der Waals surface area contributed by atoms with Gasteiger partial charge in [0.05, 0.1) is 18.0 Å². The highest BCUT2D eigenvalue weighted by Gasteiger charge is 2.25. The van der Waals surface area contributed by atoms with Crippen molar-refractivity contribution in [1.29, 1.82) is 0 Å². The fourth-order valence-corrected chi connectivity index (χ4v) is 3.48. The number of aryl methyl sites for hydroxylation is 1. The molecule has 108 valence electrons. The summed E-state index contributed by atoms with van der Waals surface area (Å²) in [5.41, 5.74) is 0.0474. The van der Waals surface area contributed by atoms with Crippen LogP contribution in [-0.2, 0) is 16.6 Å². The van der Waals surface area contributed by atoms with E-state index in [1.54, 1.807) is 0 Å². The van der Waals surface area contributed by atoms with E-state index in [0.717, 1.165) is 6.07 Å². The van der Waals surface area contributed by atoms with Crippen molar-refractivity contribution in [2.75, 3.05) is 4.72 Å². The molecule has 0 saturated carbocycles. The van der Waals surface area contributed by atoms with Gasteiger partial charge in [-0.3, -0.25) is 9.82 Å². The standard InChI is InChI=1S/C11H11BrFN3O3S/c1-6-11(10(5-17)15-14-6)20(18,19)16-9-4-7(12)2-3-8(9)13/h2-4,16-17H,5H2,1H3,(H,14,15). The molecular weight excluding hydrogens is 353 g/mol. The summed E-state index contributed by atoms with van der Waals surface area (Å²) in [7, 11) is -4.05. The van der Waals surface area contributed by atoms with Crippen molar-refractivity contribution in [3.05, 3.63) is 39.9 Å². The van der Waals surface area contributed by atoms with Crippen LogP contribution in [0.1, 0.15) is 11.4 Å². The largest absolute Gasteiger partial charge is 0.390 e. The SMILES string of the molecule is Cc1[nH]nc(CO)c1S(=O)(=O)Nc1cc(Br)ccc1F. The molecule has 1 heterocycles. The molecular formula is C11H11BrFN3O3S. The lowest BCUT2D eigenvalue weighted by molar-refractivity contribution is 0.273. The summed E-state index contributed by atoms with van der Waals surface area (Å²) in [5, 5.41) is 15.3. The number of aliphatic hydroxyl groups excluding tert-OH is 1. The zero-order valence-corrected chi connectivity index (χ0v) is 12.7.